The predicted molar refractivity (Wildman–Crippen MR) is 150 cm³/mol. The zero-order valence-electron chi connectivity index (χ0n) is 26.0. The van der Waals surface area contributed by atoms with Gasteiger partial charge in [-0.25, -0.2) is 22.1 Å². The Balaban J connectivity index is 2.19. The monoisotopic (exact) mass is 827 g/mol. The lowest BCUT2D eigenvalue weighted by atomic mass is 9.94. The first-order chi connectivity index (χ1) is 23.8. The molecule has 3 saturated heterocycles. The first-order valence-corrected chi connectivity index (χ1v) is 18.0. The van der Waals surface area contributed by atoms with Crippen LogP contribution in [0, 0.1) is 0 Å². The molecule has 28 nitrogen and oxygen atoms in total. The van der Waals surface area contributed by atoms with Crippen molar-refractivity contribution in [1.82, 2.24) is 5.32 Å². The topological polar surface area (TPSA) is 431 Å². The highest BCUT2D eigenvalue weighted by molar-refractivity contribution is 7.81. The Labute approximate surface area is 291 Å². The van der Waals surface area contributed by atoms with Gasteiger partial charge in [0.25, 0.3) is 0 Å². The number of aliphatic hydroxyl groups is 4. The summed E-state index contributed by atoms with van der Waals surface area (Å²) in [4.78, 5) is 36.3. The van der Waals surface area contributed by atoms with Crippen LogP contribution in [-0.2, 0) is 86.6 Å². The minimum atomic E-state index is -5.65. The fraction of sp³-hybridized carbons (Fsp3) is 0.857. The molecule has 3 fully saturated rings. The summed E-state index contributed by atoms with van der Waals surface area (Å²) in [5.41, 5.74) is 0. The van der Waals surface area contributed by atoms with E-state index in [0.29, 0.717) is 0 Å². The lowest BCUT2D eigenvalue weighted by Gasteiger charge is -2.49. The highest BCUT2D eigenvalue weighted by Gasteiger charge is 2.58. The van der Waals surface area contributed by atoms with Gasteiger partial charge in [0.1, 0.15) is 48.8 Å². The number of nitrogens with one attached hydrogen (secondary N) is 1. The number of aliphatic hydroxyl groups excluding tert-OH is 4. The third-order valence-electron chi connectivity index (χ3n) is 7.26. The molecule has 0 aromatic heterocycles. The van der Waals surface area contributed by atoms with Gasteiger partial charge < -0.3 is 64.4 Å². The maximum atomic E-state index is 12.4. The van der Waals surface area contributed by atoms with Crippen molar-refractivity contribution in [1.29, 1.82) is 0 Å². The van der Waals surface area contributed by atoms with E-state index < -0.39 is 148 Å². The minimum absolute atomic E-state index is 0.782. The van der Waals surface area contributed by atoms with Gasteiger partial charge in [0.2, 0.25) is 5.91 Å². The lowest BCUT2D eigenvalue weighted by molar-refractivity contribution is -0.354. The normalized spacial score (nSPS) is 39.1. The molecule has 31 heteroatoms. The van der Waals surface area contributed by atoms with Crippen molar-refractivity contribution in [2.75, 3.05) is 13.7 Å². The molecular weight excluding hydrogens is 794 g/mol. The summed E-state index contributed by atoms with van der Waals surface area (Å²) in [5.74, 6) is -5.10. The van der Waals surface area contributed by atoms with Crippen LogP contribution in [0.25, 0.3) is 0 Å². The van der Waals surface area contributed by atoms with E-state index >= 15 is 0 Å². The van der Waals surface area contributed by atoms with Crippen LogP contribution in [0.2, 0.25) is 0 Å². The molecule has 15 atom stereocenters. The summed E-state index contributed by atoms with van der Waals surface area (Å²) >= 11 is 0. The van der Waals surface area contributed by atoms with Crippen molar-refractivity contribution in [3.05, 3.63) is 0 Å². The maximum Gasteiger partial charge on any atom is 0.397 e. The molecule has 3 heterocycles. The summed E-state index contributed by atoms with van der Waals surface area (Å²) in [6, 6.07) is -2.22. The van der Waals surface area contributed by atoms with Crippen molar-refractivity contribution in [3.63, 3.8) is 0 Å². The van der Waals surface area contributed by atoms with E-state index in [0.717, 1.165) is 14.0 Å². The fourth-order valence-corrected chi connectivity index (χ4v) is 6.77. The van der Waals surface area contributed by atoms with Crippen LogP contribution in [0.5, 0.6) is 0 Å². The number of carboxylic acids is 2. The highest BCUT2D eigenvalue weighted by atomic mass is 32.3. The second kappa shape index (κ2) is 17.0. The Bertz CT molecular complexity index is 1620. The SMILES string of the molecule is CO[C@@H]1O[C@@H](C(=O)O)[C@@H](O[C@@H]2O[C@H](CO)[C@H](OS(=O)(=O)O)[C@H](O[C@@H]3O[C@@H](C(=O)O)[C@@H](O)[C@H](O)[C@H]3OS(=O)(=O)O)[C@H]2NC(C)=O)[C@H](O)[C@H]1OS(=O)(=O)O. The molecule has 0 bridgehead atoms. The highest BCUT2D eigenvalue weighted by Crippen LogP contribution is 2.36. The van der Waals surface area contributed by atoms with Gasteiger partial charge in [-0.2, -0.15) is 25.3 Å². The number of carbonyl (C=O) groups excluding carboxylic acids is 1. The predicted octanol–water partition coefficient (Wildman–Crippen LogP) is -7.11. The van der Waals surface area contributed by atoms with E-state index in [1.807, 2.05) is 0 Å². The molecule has 0 spiro atoms. The minimum Gasteiger partial charge on any atom is -0.479 e. The molecule has 302 valence electrons. The number of hydrogen-bond donors (Lipinski definition) is 10. The van der Waals surface area contributed by atoms with E-state index in [1.165, 1.54) is 0 Å². The molecule has 10 N–H and O–H groups in total. The van der Waals surface area contributed by atoms with Gasteiger partial charge in [0.15, 0.2) is 43.3 Å². The summed E-state index contributed by atoms with van der Waals surface area (Å²) in [7, 11) is -15.9. The number of aliphatic carboxylic acids is 2. The Hall–Kier alpha value is -2.38. The molecule has 3 rings (SSSR count). The number of carbonyl (C=O) groups is 3. The summed E-state index contributed by atoms with van der Waals surface area (Å²) < 4.78 is 143. The second-order valence-corrected chi connectivity index (χ2v) is 14.0. The number of methoxy groups -OCH3 is 1. The summed E-state index contributed by atoms with van der Waals surface area (Å²) in [6.45, 7) is -0.584. The first-order valence-electron chi connectivity index (χ1n) is 13.9. The molecule has 0 aromatic carbocycles. The summed E-state index contributed by atoms with van der Waals surface area (Å²) in [5, 5.41) is 63.2. The standard InChI is InChI=1S/C21H33NO27S3/c1-4(24)22-6-11(43-21-14(48-51(35,36)37)8(26)7(25)13(45-21)17(28)29)10(47-50(32,33)34)5(3-23)42-19(6)44-12-9(27)15(49-52(38,39)40)20(41-2)46-16(12)18(30)31/h5-16,19-21,23,25-27H,3H2,1-2H3,(H,22,24)(H,28,29)(H,30,31)(H,32,33,34)(H,35,36,37)(H,38,39,40)/t5-,6-,7+,8+,9+,10+,11-,12+,13-,14-,15-,16-,19+,20-,21-/m1/s1. The number of amides is 1. The van der Waals surface area contributed by atoms with Crippen LogP contribution in [0.4, 0.5) is 0 Å². The zero-order chi connectivity index (χ0) is 39.7. The van der Waals surface area contributed by atoms with E-state index in [9.17, 15) is 83.9 Å². The molecule has 0 aromatic rings. The van der Waals surface area contributed by atoms with Gasteiger partial charge in [0.05, 0.1) is 6.61 Å². The Morgan fingerprint density at radius 3 is 1.54 bits per heavy atom. The smallest absolute Gasteiger partial charge is 0.397 e. The van der Waals surface area contributed by atoms with Gasteiger partial charge in [0, 0.05) is 14.0 Å². The number of ether oxygens (including phenoxy) is 6. The molecule has 52 heavy (non-hydrogen) atoms. The molecule has 0 unspecified atom stereocenters. The van der Waals surface area contributed by atoms with Crippen molar-refractivity contribution in [3.8, 4) is 0 Å². The third kappa shape index (κ3) is 11.1. The van der Waals surface area contributed by atoms with Crippen molar-refractivity contribution < 1.29 is 125 Å². The van der Waals surface area contributed by atoms with Gasteiger partial charge >= 0.3 is 43.1 Å². The second-order valence-electron chi connectivity index (χ2n) is 10.9. The molecule has 0 radical (unpaired) electrons. The van der Waals surface area contributed by atoms with E-state index in [1.54, 1.807) is 0 Å². The number of carboxylic acid groups (broad SMARTS) is 2. The van der Waals surface area contributed by atoms with E-state index in [4.69, 9.17) is 28.4 Å². The zero-order valence-corrected chi connectivity index (χ0v) is 28.4. The largest absolute Gasteiger partial charge is 0.479 e. The van der Waals surface area contributed by atoms with Crippen molar-refractivity contribution >= 4 is 49.0 Å². The van der Waals surface area contributed by atoms with Crippen LogP contribution in [0.15, 0.2) is 0 Å². The Kier molecular flexibility index (Phi) is 14.4. The average molecular weight is 828 g/mol. The molecule has 0 saturated carbocycles. The van der Waals surface area contributed by atoms with Crippen LogP contribution in [0.3, 0.4) is 0 Å². The number of hydrogen-bond acceptors (Lipinski definition) is 22. The molecule has 0 aliphatic carbocycles. The van der Waals surface area contributed by atoms with Crippen LogP contribution >= 0.6 is 0 Å². The van der Waals surface area contributed by atoms with Crippen LogP contribution < -0.4 is 5.32 Å². The van der Waals surface area contributed by atoms with E-state index in [-0.39, 0.29) is 0 Å². The Morgan fingerprint density at radius 2 is 1.10 bits per heavy atom. The first kappa shape index (κ1) is 44.0. The van der Waals surface area contributed by atoms with Crippen LogP contribution in [0.1, 0.15) is 6.92 Å². The van der Waals surface area contributed by atoms with E-state index in [2.05, 4.69) is 17.9 Å². The van der Waals surface area contributed by atoms with Gasteiger partial charge in [-0.15, -0.1) is 0 Å². The van der Waals surface area contributed by atoms with Crippen molar-refractivity contribution in [2.24, 2.45) is 0 Å². The number of rotatable bonds is 15. The van der Waals surface area contributed by atoms with Gasteiger partial charge in [-0.1, -0.05) is 0 Å². The molecule has 1 amide bonds. The average Bonchev–Trinajstić information content (AvgIpc) is 2.98. The fourth-order valence-electron chi connectivity index (χ4n) is 5.29. The quantitative estimate of drug-likeness (QED) is 0.0686. The van der Waals surface area contributed by atoms with Gasteiger partial charge in [-0.05, 0) is 0 Å². The third-order valence-corrected chi connectivity index (χ3v) is 8.66. The van der Waals surface area contributed by atoms with Crippen molar-refractivity contribution in [2.45, 2.75) is 99.0 Å². The van der Waals surface area contributed by atoms with Crippen LogP contribution in [-0.4, -0.2) is 193 Å². The molecular formula is C21H33NO27S3. The molecule has 3 aliphatic rings. The molecule has 3 aliphatic heterocycles. The Morgan fingerprint density at radius 1 is 0.635 bits per heavy atom. The summed E-state index contributed by atoms with van der Waals surface area (Å²) in [6.07, 6.45) is -34.0. The maximum absolute atomic E-state index is 12.4. The lowest BCUT2D eigenvalue weighted by Crippen LogP contribution is -2.70. The van der Waals surface area contributed by atoms with Gasteiger partial charge in [-0.3, -0.25) is 18.5 Å².